The summed E-state index contributed by atoms with van der Waals surface area (Å²) in [6.45, 7) is 10.9. The van der Waals surface area contributed by atoms with Crippen molar-refractivity contribution in [2.24, 2.45) is 0 Å². The Morgan fingerprint density at radius 1 is 0.511 bits per heavy atom. The zero-order chi connectivity index (χ0) is 59.0. The second-order valence-corrected chi connectivity index (χ2v) is 25.3. The molecule has 6 atom stereocenters. The van der Waals surface area contributed by atoms with Gasteiger partial charge in [0, 0.05) is 109 Å². The number of para-hydroxylation sites is 4. The molecule has 0 saturated carbocycles. The molecular weight excluding hydrogens is 1110 g/mol. The summed E-state index contributed by atoms with van der Waals surface area (Å²) in [5.41, 5.74) is 16.4. The number of amides is 3. The van der Waals surface area contributed by atoms with Gasteiger partial charge in [0.1, 0.15) is 11.3 Å². The number of aromatic nitrogens is 5. The molecule has 9 aromatic rings. The van der Waals surface area contributed by atoms with Gasteiger partial charge in [-0.2, -0.15) is 5.10 Å². The molecule has 20 heteroatoms. The number of likely N-dealkylation sites (tertiary alicyclic amines) is 3. The van der Waals surface area contributed by atoms with Crippen LogP contribution in [0.4, 0.5) is 38.5 Å². The van der Waals surface area contributed by atoms with Crippen LogP contribution in [-0.4, -0.2) is 155 Å². The van der Waals surface area contributed by atoms with Crippen molar-refractivity contribution in [3.05, 3.63) is 155 Å². The van der Waals surface area contributed by atoms with E-state index in [-0.39, 0.29) is 23.5 Å². The Labute approximate surface area is 508 Å². The van der Waals surface area contributed by atoms with Gasteiger partial charge in [0.2, 0.25) is 17.7 Å². The van der Waals surface area contributed by atoms with Gasteiger partial charge in [-0.25, -0.2) is 4.39 Å². The lowest BCUT2D eigenvalue weighted by molar-refractivity contribution is -0.116. The highest BCUT2D eigenvalue weighted by atomic mass is 19.1. The average Bonchev–Trinajstić information content (AvgIpc) is 1.68. The van der Waals surface area contributed by atoms with Crippen molar-refractivity contribution in [3.63, 3.8) is 0 Å². The SMILES string of the molecule is O=C1CN2c3c(cccc3[C@@H]3CN(CCCc4[nH]nc5cnccc45)CC[C@@H]32)N1.O=C1CN2c3c(cccc3[C@@H]3CN(CCCc4noc5cc(F)ccc45)CC[C@@H]32)N1.O=C1CN2c3c(cccc3[C@@H]3CN(CCCc4noc5ccccc45)CC[C@@H]32)N1. The first kappa shape index (κ1) is 54.7. The minimum Gasteiger partial charge on any atom is -0.357 e. The molecule has 9 aliphatic rings. The number of rotatable bonds is 12. The zero-order valence-corrected chi connectivity index (χ0v) is 49.2. The highest BCUT2D eigenvalue weighted by molar-refractivity contribution is 6.05. The lowest BCUT2D eigenvalue weighted by atomic mass is 9.89. The molecular formula is C68H71FN14O5. The maximum atomic E-state index is 13.3. The lowest BCUT2D eigenvalue weighted by Gasteiger charge is -2.39. The summed E-state index contributed by atoms with van der Waals surface area (Å²) in [7, 11) is 0. The van der Waals surface area contributed by atoms with Crippen LogP contribution in [0.15, 0.2) is 125 Å². The third-order valence-corrected chi connectivity index (χ3v) is 20.3. The van der Waals surface area contributed by atoms with Gasteiger partial charge in [0.05, 0.1) is 71.3 Å². The first-order chi connectivity index (χ1) is 43.2. The van der Waals surface area contributed by atoms with E-state index in [0.717, 1.165) is 167 Å². The highest BCUT2D eigenvalue weighted by Gasteiger charge is 2.48. The maximum Gasteiger partial charge on any atom is 0.243 e. The van der Waals surface area contributed by atoms with Crippen LogP contribution < -0.4 is 30.7 Å². The second-order valence-electron chi connectivity index (χ2n) is 25.3. The van der Waals surface area contributed by atoms with Crippen molar-refractivity contribution < 1.29 is 27.8 Å². The average molecular weight is 1180 g/mol. The Kier molecular flexibility index (Phi) is 14.1. The monoisotopic (exact) mass is 1180 g/mol. The van der Waals surface area contributed by atoms with Crippen LogP contribution in [0.3, 0.4) is 0 Å². The third kappa shape index (κ3) is 9.98. The van der Waals surface area contributed by atoms with E-state index in [1.165, 1.54) is 57.0 Å². The number of carbonyl (C=O) groups is 3. The minimum atomic E-state index is -0.303. The van der Waals surface area contributed by atoms with E-state index in [4.69, 9.17) is 9.05 Å². The van der Waals surface area contributed by atoms with Gasteiger partial charge in [-0.3, -0.25) is 24.5 Å². The molecule has 3 fully saturated rings. The Bertz CT molecular complexity index is 3990. The van der Waals surface area contributed by atoms with Gasteiger partial charge in [-0.15, -0.1) is 0 Å². The Balaban J connectivity index is 0.000000106. The Morgan fingerprint density at radius 2 is 0.989 bits per heavy atom. The van der Waals surface area contributed by atoms with Crippen molar-refractivity contribution in [1.29, 1.82) is 0 Å². The number of fused-ring (bicyclic) bond motifs is 12. The van der Waals surface area contributed by atoms with E-state index in [1.807, 2.05) is 54.9 Å². The molecule has 5 aromatic carbocycles. The Morgan fingerprint density at radius 3 is 1.51 bits per heavy atom. The smallest absolute Gasteiger partial charge is 0.243 e. The van der Waals surface area contributed by atoms with Crippen molar-refractivity contribution in [3.8, 4) is 0 Å². The van der Waals surface area contributed by atoms with Crippen LogP contribution in [0.25, 0.3) is 32.8 Å². The van der Waals surface area contributed by atoms with Crippen molar-refractivity contribution in [2.45, 2.75) is 93.7 Å². The molecule has 88 heavy (non-hydrogen) atoms. The molecule has 19 nitrogen and oxygen atoms in total. The zero-order valence-electron chi connectivity index (χ0n) is 49.2. The van der Waals surface area contributed by atoms with E-state index >= 15 is 0 Å². The number of carbonyl (C=O) groups excluding carboxylic acids is 3. The van der Waals surface area contributed by atoms with Gasteiger partial charge < -0.3 is 54.4 Å². The molecule has 3 amide bonds. The maximum absolute atomic E-state index is 13.3. The van der Waals surface area contributed by atoms with Crippen molar-refractivity contribution >= 4 is 84.7 Å². The summed E-state index contributed by atoms with van der Waals surface area (Å²) in [4.78, 5) is 55.3. The standard InChI is InChI=1S/C23H23FN4O2.C23H24N4O2.C22H24N6O/c24-14-6-7-16-18(26-30-21(16)11-14)5-2-9-27-10-8-20-17(12-27)15-3-1-4-19-23(15)28(20)13-22(29)25-19;28-22-14-27-20-10-12-26(13-17(20)15-6-3-7-19(24-22)23(15)27)11-4-8-18-16-5-1-2-9-21(16)29-25-18;29-21-13-28-20-7-10-27(12-16(20)14-3-1-4-18(24-21)22(14)28)9-2-5-17-15-6-8-23-11-19(15)26-25-17/h1,3-4,6-7,11,17,20H,2,5,8-10,12-13H2,(H,25,29);1-3,5-7,9,17,20H,4,8,10-14H2,(H,24,28);1,3-4,6,8,11,16,20H,2,5,7,9-10,12-13H2,(H,24,29)(H,25,26)/t2*17-,20-;16-,20-/m000/s1. The summed E-state index contributed by atoms with van der Waals surface area (Å²) in [5, 5.41) is 28.3. The normalized spacial score (nSPS) is 23.1. The number of anilines is 6. The van der Waals surface area contributed by atoms with E-state index in [1.54, 1.807) is 6.07 Å². The van der Waals surface area contributed by atoms with Gasteiger partial charge >= 0.3 is 0 Å². The van der Waals surface area contributed by atoms with Gasteiger partial charge in [-0.1, -0.05) is 58.8 Å². The number of aryl methyl sites for hydroxylation is 3. The summed E-state index contributed by atoms with van der Waals surface area (Å²) in [6, 6.07) is 35.0. The van der Waals surface area contributed by atoms with Crippen LogP contribution in [-0.2, 0) is 33.6 Å². The topological polar surface area (TPSA) is 200 Å². The molecule has 18 rings (SSSR count). The molecule has 13 heterocycles. The fourth-order valence-corrected chi connectivity index (χ4v) is 16.4. The number of nitrogens with one attached hydrogen (secondary N) is 4. The molecule has 0 bridgehead atoms. The van der Waals surface area contributed by atoms with E-state index in [0.29, 0.717) is 61.1 Å². The van der Waals surface area contributed by atoms with Crippen LogP contribution >= 0.6 is 0 Å². The summed E-state index contributed by atoms with van der Waals surface area (Å²) in [5.74, 6) is 1.42. The van der Waals surface area contributed by atoms with Crippen LogP contribution in [0.5, 0.6) is 0 Å². The van der Waals surface area contributed by atoms with Crippen molar-refractivity contribution in [2.75, 3.05) is 109 Å². The van der Waals surface area contributed by atoms with Crippen LogP contribution in [0, 0.1) is 5.82 Å². The number of benzene rings is 5. The number of halogens is 1. The summed E-state index contributed by atoms with van der Waals surface area (Å²) < 4.78 is 24.0. The van der Waals surface area contributed by atoms with E-state index in [2.05, 4.69) is 113 Å². The second kappa shape index (κ2) is 22.8. The molecule has 450 valence electrons. The predicted molar refractivity (Wildman–Crippen MR) is 337 cm³/mol. The highest BCUT2D eigenvalue weighted by Crippen LogP contribution is 2.52. The van der Waals surface area contributed by atoms with E-state index in [9.17, 15) is 18.8 Å². The Hall–Kier alpha value is -8.72. The molecule has 4 aromatic heterocycles. The lowest BCUT2D eigenvalue weighted by Crippen LogP contribution is -2.49. The number of piperidine rings is 3. The van der Waals surface area contributed by atoms with E-state index < -0.39 is 0 Å². The molecule has 3 saturated heterocycles. The third-order valence-electron chi connectivity index (χ3n) is 20.3. The molecule has 9 aliphatic heterocycles. The number of hydrogen-bond donors (Lipinski definition) is 4. The predicted octanol–water partition coefficient (Wildman–Crippen LogP) is 9.44. The van der Waals surface area contributed by atoms with Crippen LogP contribution in [0.1, 0.15) is 90.1 Å². The first-order valence-corrected chi connectivity index (χ1v) is 31.6. The molecule has 0 radical (unpaired) electrons. The fourth-order valence-electron chi connectivity index (χ4n) is 16.4. The summed E-state index contributed by atoms with van der Waals surface area (Å²) in [6.07, 6.45) is 12.8. The molecule has 0 aliphatic carbocycles. The number of hydrogen-bond acceptors (Lipinski definition) is 15. The molecule has 4 N–H and O–H groups in total. The van der Waals surface area contributed by atoms with Crippen molar-refractivity contribution in [1.82, 2.24) is 40.2 Å². The molecule has 0 unspecified atom stereocenters. The van der Waals surface area contributed by atoms with Gasteiger partial charge in [0.25, 0.3) is 0 Å². The number of aromatic amines is 1. The number of pyridine rings is 1. The van der Waals surface area contributed by atoms with Crippen LogP contribution in [0.2, 0.25) is 0 Å². The number of nitrogens with zero attached hydrogens (tertiary/aromatic N) is 10. The largest absolute Gasteiger partial charge is 0.357 e. The first-order valence-electron chi connectivity index (χ1n) is 31.6. The van der Waals surface area contributed by atoms with Gasteiger partial charge in [0.15, 0.2) is 11.2 Å². The quantitative estimate of drug-likeness (QED) is 0.0901. The number of H-pyrrole nitrogens is 1. The minimum absolute atomic E-state index is 0.0856. The summed E-state index contributed by atoms with van der Waals surface area (Å²) >= 11 is 0. The molecule has 0 spiro atoms. The fraction of sp³-hybridized carbons (Fsp3) is 0.397. The van der Waals surface area contributed by atoms with Gasteiger partial charge in [-0.05, 0) is 143 Å².